The Labute approximate surface area is 290 Å². The Balaban J connectivity index is 1.03. The third kappa shape index (κ3) is 7.36. The molecule has 0 radical (unpaired) electrons. The van der Waals surface area contributed by atoms with Gasteiger partial charge in [-0.2, -0.15) is 0 Å². The maximum atomic E-state index is 13.7. The molecule has 274 valence electrons. The fourth-order valence-corrected chi connectivity index (χ4v) is 10.2. The molecule has 8 rings (SSSR count). The van der Waals surface area contributed by atoms with E-state index in [-0.39, 0.29) is 85.4 Å². The molecule has 4 N–H and O–H groups in total. The van der Waals surface area contributed by atoms with Gasteiger partial charge >= 0.3 is 0 Å². The quantitative estimate of drug-likeness (QED) is 0.374. The summed E-state index contributed by atoms with van der Waals surface area (Å²) in [5.41, 5.74) is 7.95. The molecule has 8 fully saturated rings. The van der Waals surface area contributed by atoms with Gasteiger partial charge in [-0.1, -0.05) is 13.2 Å². The van der Waals surface area contributed by atoms with Crippen molar-refractivity contribution in [3.8, 4) is 0 Å². The maximum absolute atomic E-state index is 13.7. The van der Waals surface area contributed by atoms with Crippen LogP contribution in [0.15, 0.2) is 24.3 Å². The number of rotatable bonds is 3. The highest BCUT2D eigenvalue weighted by atomic mass is 16.7. The van der Waals surface area contributed by atoms with E-state index in [4.69, 9.17) is 38.9 Å². The van der Waals surface area contributed by atoms with E-state index in [2.05, 4.69) is 13.2 Å². The first-order chi connectivity index (χ1) is 23.6. The summed E-state index contributed by atoms with van der Waals surface area (Å²) in [5.74, 6) is -0.741. The van der Waals surface area contributed by atoms with Gasteiger partial charge in [-0.3, -0.25) is 4.79 Å². The van der Waals surface area contributed by atoms with Gasteiger partial charge in [-0.25, -0.2) is 0 Å². The second-order valence-electron chi connectivity index (χ2n) is 16.4. The summed E-state index contributed by atoms with van der Waals surface area (Å²) in [6, 6.07) is 0. The SMILES string of the molecule is C=C1CC2CC[C@]34CC(O)C(O3)C3C[C@@H](O4)C4O[C@H](CCC4O3)CC(=O)CC3C[C@@H](CC(O)CN)O[C@H]3CC3O[C@H](CCC3=C)CCC1O2. The zero-order valence-electron chi connectivity index (χ0n) is 28.8. The number of ketones is 1. The van der Waals surface area contributed by atoms with Crippen molar-refractivity contribution in [2.75, 3.05) is 6.54 Å². The van der Waals surface area contributed by atoms with Crippen molar-refractivity contribution in [1.29, 1.82) is 0 Å². The van der Waals surface area contributed by atoms with Gasteiger partial charge in [-0.05, 0) is 74.9 Å². The predicted molar refractivity (Wildman–Crippen MR) is 177 cm³/mol. The average Bonchev–Trinajstić information content (AvgIpc) is 3.70. The number of hydrogen-bond donors (Lipinski definition) is 3. The van der Waals surface area contributed by atoms with Crippen LogP contribution in [0, 0.1) is 5.92 Å². The van der Waals surface area contributed by atoms with E-state index in [1.54, 1.807) is 0 Å². The number of Topliss-reactive ketones (excluding diaryl/α,β-unsaturated/α-hetero) is 1. The number of nitrogens with two attached hydrogens (primary N) is 1. The predicted octanol–water partition coefficient (Wildman–Crippen LogP) is 3.55. The molecule has 11 heteroatoms. The second-order valence-corrected chi connectivity index (χ2v) is 16.4. The Bertz CT molecular complexity index is 1250. The summed E-state index contributed by atoms with van der Waals surface area (Å²) in [4.78, 5) is 13.7. The van der Waals surface area contributed by atoms with E-state index in [1.165, 1.54) is 0 Å². The minimum absolute atomic E-state index is 0.0167. The lowest BCUT2D eigenvalue weighted by atomic mass is 9.84. The number of hydrogen-bond acceptors (Lipinski definition) is 11. The van der Waals surface area contributed by atoms with Crippen LogP contribution in [-0.2, 0) is 38.0 Å². The molecule has 1 spiro atoms. The second kappa shape index (κ2) is 14.3. The van der Waals surface area contributed by atoms with Gasteiger partial charge in [0.1, 0.15) is 18.0 Å². The molecular weight excluding hydrogens is 630 g/mol. The van der Waals surface area contributed by atoms with Crippen LogP contribution in [0.25, 0.3) is 0 Å². The average molecular weight is 688 g/mol. The van der Waals surface area contributed by atoms with Crippen molar-refractivity contribution in [2.45, 2.75) is 194 Å². The first-order valence-electron chi connectivity index (χ1n) is 19.2. The fourth-order valence-electron chi connectivity index (χ4n) is 10.2. The molecular formula is C38H57NO10. The van der Waals surface area contributed by atoms with Crippen LogP contribution in [-0.4, -0.2) is 114 Å². The van der Waals surface area contributed by atoms with Crippen molar-refractivity contribution in [3.63, 3.8) is 0 Å². The summed E-state index contributed by atoms with van der Waals surface area (Å²) in [7, 11) is 0. The maximum Gasteiger partial charge on any atom is 0.172 e. The minimum atomic E-state index is -0.924. The van der Waals surface area contributed by atoms with E-state index in [0.29, 0.717) is 51.4 Å². The van der Waals surface area contributed by atoms with E-state index in [1.807, 2.05) is 0 Å². The van der Waals surface area contributed by atoms with Crippen LogP contribution < -0.4 is 5.73 Å². The molecule has 10 unspecified atom stereocenters. The molecule has 10 bridgehead atoms. The lowest BCUT2D eigenvalue weighted by Crippen LogP contribution is -2.58. The number of fused-ring (bicyclic) bond motifs is 9. The summed E-state index contributed by atoms with van der Waals surface area (Å²) in [5, 5.41) is 21.4. The van der Waals surface area contributed by atoms with E-state index in [0.717, 1.165) is 62.5 Å². The molecule has 11 nitrogen and oxygen atoms in total. The highest BCUT2D eigenvalue weighted by Gasteiger charge is 2.59. The molecule has 8 heterocycles. The largest absolute Gasteiger partial charge is 0.392 e. The van der Waals surface area contributed by atoms with Crippen LogP contribution >= 0.6 is 0 Å². The molecule has 0 saturated carbocycles. The molecule has 49 heavy (non-hydrogen) atoms. The van der Waals surface area contributed by atoms with Crippen LogP contribution in [0.5, 0.6) is 0 Å². The van der Waals surface area contributed by atoms with Gasteiger partial charge < -0.3 is 49.1 Å². The van der Waals surface area contributed by atoms with Crippen molar-refractivity contribution < 1.29 is 48.2 Å². The Morgan fingerprint density at radius 3 is 2.43 bits per heavy atom. The first kappa shape index (κ1) is 34.8. The van der Waals surface area contributed by atoms with Crippen molar-refractivity contribution in [3.05, 3.63) is 24.3 Å². The van der Waals surface area contributed by atoms with Crippen LogP contribution in [0.3, 0.4) is 0 Å². The standard InChI is InChI=1S/C38H57NO10/c1-20-3-4-25-5-7-30-21(2)11-27(44-30)9-10-38-18-29(42)36(49-38)34-17-35(48-38)37-31(47-34)8-6-26(46-37)14-23(40)12-22-13-28(15-24(41)19-39)45-33(22)16-32(20)43-25/h22,24-37,41-42H,1-19,39H2/t22?,24?,25-,26-,27?,28+,29?,30?,31?,32?,33+,34?,35-,36?,37?,38-/m1/s1. The third-order valence-electron chi connectivity index (χ3n) is 12.8. The summed E-state index contributed by atoms with van der Waals surface area (Å²) in [6.07, 6.45) is 7.45. The molecule has 0 aromatic rings. The molecule has 8 saturated heterocycles. The Hall–Kier alpha value is -1.25. The van der Waals surface area contributed by atoms with Crippen molar-refractivity contribution in [1.82, 2.24) is 0 Å². The highest BCUT2D eigenvalue weighted by molar-refractivity contribution is 5.79. The number of carbonyl (C=O) groups excluding carboxylic acids is 1. The normalized spacial score (nSPS) is 49.7. The van der Waals surface area contributed by atoms with Crippen LogP contribution in [0.4, 0.5) is 0 Å². The summed E-state index contributed by atoms with van der Waals surface area (Å²) < 4.78 is 46.5. The van der Waals surface area contributed by atoms with E-state index in [9.17, 15) is 15.0 Å². The lowest BCUT2D eigenvalue weighted by Gasteiger charge is -2.47. The van der Waals surface area contributed by atoms with E-state index < -0.39 is 24.1 Å². The number of aliphatic hydroxyl groups is 2. The Morgan fingerprint density at radius 2 is 1.57 bits per heavy atom. The van der Waals surface area contributed by atoms with Crippen LogP contribution in [0.2, 0.25) is 0 Å². The Morgan fingerprint density at radius 1 is 0.755 bits per heavy atom. The monoisotopic (exact) mass is 687 g/mol. The zero-order valence-corrected chi connectivity index (χ0v) is 28.8. The number of ether oxygens (including phenoxy) is 7. The fraction of sp³-hybridized carbons (Fsp3) is 0.868. The number of carbonyl (C=O) groups is 1. The third-order valence-corrected chi connectivity index (χ3v) is 12.8. The van der Waals surface area contributed by atoms with Gasteiger partial charge in [0.25, 0.3) is 0 Å². The summed E-state index contributed by atoms with van der Waals surface area (Å²) in [6.45, 7) is 8.94. The summed E-state index contributed by atoms with van der Waals surface area (Å²) >= 11 is 0. The number of aliphatic hydroxyl groups excluding tert-OH is 2. The topological polar surface area (TPSA) is 148 Å². The molecule has 0 aromatic heterocycles. The lowest BCUT2D eigenvalue weighted by molar-refractivity contribution is -0.277. The van der Waals surface area contributed by atoms with Gasteiger partial charge in [0.05, 0.1) is 73.2 Å². The Kier molecular flexibility index (Phi) is 10.2. The molecule has 8 aliphatic rings. The smallest absolute Gasteiger partial charge is 0.172 e. The van der Waals surface area contributed by atoms with Gasteiger partial charge in [0, 0.05) is 51.5 Å². The van der Waals surface area contributed by atoms with Crippen molar-refractivity contribution >= 4 is 5.78 Å². The van der Waals surface area contributed by atoms with E-state index >= 15 is 0 Å². The minimum Gasteiger partial charge on any atom is -0.392 e. The van der Waals surface area contributed by atoms with Crippen molar-refractivity contribution in [2.24, 2.45) is 11.7 Å². The first-order valence-corrected chi connectivity index (χ1v) is 19.2. The van der Waals surface area contributed by atoms with Gasteiger partial charge in [-0.15, -0.1) is 0 Å². The molecule has 0 aliphatic carbocycles. The van der Waals surface area contributed by atoms with Gasteiger partial charge in [0.15, 0.2) is 5.79 Å². The zero-order chi connectivity index (χ0) is 33.9. The van der Waals surface area contributed by atoms with Gasteiger partial charge in [0.2, 0.25) is 0 Å². The highest BCUT2D eigenvalue weighted by Crippen LogP contribution is 2.49. The molecule has 0 amide bonds. The molecule has 8 aliphatic heterocycles. The van der Waals surface area contributed by atoms with Crippen LogP contribution in [0.1, 0.15) is 103 Å². The molecule has 16 atom stereocenters. The molecule has 0 aromatic carbocycles.